The zero-order valence-electron chi connectivity index (χ0n) is 16.7. The number of hydrogen-bond donors (Lipinski definition) is 0. The van der Waals surface area contributed by atoms with E-state index in [0.29, 0.717) is 11.2 Å². The molecule has 0 bridgehead atoms. The minimum atomic E-state index is -1.45. The largest absolute Gasteiger partial charge is 0.272 e. The third-order valence-electron chi connectivity index (χ3n) is 5.06. The second kappa shape index (κ2) is 7.29. The zero-order chi connectivity index (χ0) is 20.7. The van der Waals surface area contributed by atoms with Gasteiger partial charge in [-0.3, -0.25) is 9.67 Å². The highest BCUT2D eigenvalue weighted by Gasteiger charge is 2.21. The predicted molar refractivity (Wildman–Crippen MR) is 112 cm³/mol. The van der Waals surface area contributed by atoms with Crippen LogP contribution in [0.1, 0.15) is 36.6 Å². The summed E-state index contributed by atoms with van der Waals surface area (Å²) in [5.41, 5.74) is 4.51. The van der Waals surface area contributed by atoms with Crippen molar-refractivity contribution in [1.29, 1.82) is 0 Å². The first-order chi connectivity index (χ1) is 14.6. The van der Waals surface area contributed by atoms with Crippen molar-refractivity contribution in [3.63, 3.8) is 0 Å². The summed E-state index contributed by atoms with van der Waals surface area (Å²) >= 11 is 0. The number of alkyl halides is 1. The number of rotatable bonds is 5. The number of pyridine rings is 1. The molecule has 0 saturated heterocycles. The normalized spacial score (nSPS) is 12.6. The predicted octanol–water partition coefficient (Wildman–Crippen LogP) is 4.31. The Morgan fingerprint density at radius 3 is 2.80 bits per heavy atom. The van der Waals surface area contributed by atoms with Crippen molar-refractivity contribution >= 4 is 16.6 Å². The van der Waals surface area contributed by atoms with Crippen molar-refractivity contribution in [3.8, 4) is 11.1 Å². The highest BCUT2D eigenvalue weighted by molar-refractivity contribution is 5.84. The van der Waals surface area contributed by atoms with Crippen LogP contribution in [0.5, 0.6) is 0 Å². The van der Waals surface area contributed by atoms with Crippen LogP contribution in [0.2, 0.25) is 0 Å². The lowest BCUT2D eigenvalue weighted by atomic mass is 10.0. The summed E-state index contributed by atoms with van der Waals surface area (Å²) in [7, 11) is 0. The van der Waals surface area contributed by atoms with Crippen molar-refractivity contribution in [2.45, 2.75) is 33.0 Å². The Kier molecular flexibility index (Phi) is 4.46. The standard InChI is InChI=1S/C22H20FN7/c1-3-8-29-13-18(12-25-29)17-10-16-9-15(5-6-19(16)24-11-17)21(23)22-27-26-20-7-4-14(2)28-30(20)22/h4-7,9-13,21H,3,8H2,1-2H3. The lowest BCUT2D eigenvalue weighted by Crippen LogP contribution is -2.04. The van der Waals surface area contributed by atoms with Gasteiger partial charge in [-0.1, -0.05) is 13.0 Å². The van der Waals surface area contributed by atoms with Gasteiger partial charge in [-0.2, -0.15) is 14.7 Å². The van der Waals surface area contributed by atoms with E-state index in [2.05, 4.69) is 32.3 Å². The maximum absolute atomic E-state index is 15.4. The van der Waals surface area contributed by atoms with Gasteiger partial charge in [-0.05, 0) is 49.2 Å². The van der Waals surface area contributed by atoms with E-state index in [-0.39, 0.29) is 5.82 Å². The summed E-state index contributed by atoms with van der Waals surface area (Å²) in [6, 6.07) is 11.0. The second-order valence-corrected chi connectivity index (χ2v) is 7.33. The van der Waals surface area contributed by atoms with Gasteiger partial charge in [0.25, 0.3) is 0 Å². The number of fused-ring (bicyclic) bond motifs is 2. The third-order valence-corrected chi connectivity index (χ3v) is 5.06. The first kappa shape index (κ1) is 18.4. The monoisotopic (exact) mass is 401 g/mol. The van der Waals surface area contributed by atoms with Crippen LogP contribution in [0, 0.1) is 6.92 Å². The molecule has 1 aromatic carbocycles. The fourth-order valence-electron chi connectivity index (χ4n) is 3.53. The fourth-order valence-corrected chi connectivity index (χ4v) is 3.53. The molecule has 4 heterocycles. The first-order valence-corrected chi connectivity index (χ1v) is 9.88. The summed E-state index contributed by atoms with van der Waals surface area (Å²) in [6.07, 6.45) is 5.22. The molecule has 4 aromatic heterocycles. The number of aryl methyl sites for hydroxylation is 2. The number of hydrogen-bond acceptors (Lipinski definition) is 5. The Balaban J connectivity index is 1.53. The molecule has 8 heteroatoms. The molecule has 0 radical (unpaired) electrons. The highest BCUT2D eigenvalue weighted by Crippen LogP contribution is 2.29. The number of aromatic nitrogens is 7. The molecule has 0 aliphatic rings. The molecule has 0 aliphatic heterocycles. The highest BCUT2D eigenvalue weighted by atomic mass is 19.1. The van der Waals surface area contributed by atoms with Gasteiger partial charge in [0.2, 0.25) is 0 Å². The van der Waals surface area contributed by atoms with Gasteiger partial charge < -0.3 is 0 Å². The maximum atomic E-state index is 15.4. The van der Waals surface area contributed by atoms with Gasteiger partial charge in [0.05, 0.1) is 17.4 Å². The summed E-state index contributed by atoms with van der Waals surface area (Å²) < 4.78 is 18.8. The lowest BCUT2D eigenvalue weighted by molar-refractivity contribution is 0.377. The van der Waals surface area contributed by atoms with Crippen LogP contribution in [-0.2, 0) is 6.54 Å². The Labute approximate surface area is 172 Å². The fraction of sp³-hybridized carbons (Fsp3) is 0.227. The van der Waals surface area contributed by atoms with Crippen molar-refractivity contribution in [1.82, 2.24) is 34.6 Å². The molecule has 1 atom stereocenters. The summed E-state index contributed by atoms with van der Waals surface area (Å²) in [5, 5.41) is 17.6. The van der Waals surface area contributed by atoms with E-state index in [1.807, 2.05) is 54.5 Å². The molecule has 0 aliphatic carbocycles. The van der Waals surface area contributed by atoms with E-state index < -0.39 is 6.17 Å². The smallest absolute Gasteiger partial charge is 0.193 e. The molecular formula is C22H20FN7. The number of halogens is 1. The van der Waals surface area contributed by atoms with Crippen LogP contribution in [-0.4, -0.2) is 34.6 Å². The average molecular weight is 401 g/mol. The Morgan fingerprint density at radius 1 is 1.03 bits per heavy atom. The van der Waals surface area contributed by atoms with Crippen molar-refractivity contribution in [2.24, 2.45) is 0 Å². The average Bonchev–Trinajstić information content (AvgIpc) is 3.39. The molecule has 1 unspecified atom stereocenters. The molecule has 0 spiro atoms. The molecule has 7 nitrogen and oxygen atoms in total. The van der Waals surface area contributed by atoms with Crippen molar-refractivity contribution in [3.05, 3.63) is 72.1 Å². The van der Waals surface area contributed by atoms with E-state index in [1.54, 1.807) is 12.1 Å². The number of nitrogens with zero attached hydrogens (tertiary/aromatic N) is 7. The first-order valence-electron chi connectivity index (χ1n) is 9.88. The van der Waals surface area contributed by atoms with Crippen LogP contribution in [0.3, 0.4) is 0 Å². The van der Waals surface area contributed by atoms with Crippen LogP contribution < -0.4 is 0 Å². The van der Waals surface area contributed by atoms with Crippen LogP contribution in [0.15, 0.2) is 55.0 Å². The van der Waals surface area contributed by atoms with Gasteiger partial charge in [0.1, 0.15) is 0 Å². The summed E-state index contributed by atoms with van der Waals surface area (Å²) in [6.45, 7) is 4.83. The number of benzene rings is 1. The van der Waals surface area contributed by atoms with E-state index in [0.717, 1.165) is 40.7 Å². The minimum absolute atomic E-state index is 0.165. The molecule has 30 heavy (non-hydrogen) atoms. The molecule has 5 aromatic rings. The molecule has 5 rings (SSSR count). The molecule has 0 saturated carbocycles. The van der Waals surface area contributed by atoms with Gasteiger partial charge >= 0.3 is 0 Å². The molecule has 0 N–H and O–H groups in total. The van der Waals surface area contributed by atoms with E-state index in [4.69, 9.17) is 0 Å². The lowest BCUT2D eigenvalue weighted by Gasteiger charge is -2.09. The van der Waals surface area contributed by atoms with Crippen LogP contribution in [0.4, 0.5) is 4.39 Å². The van der Waals surface area contributed by atoms with Crippen molar-refractivity contribution < 1.29 is 4.39 Å². The summed E-state index contributed by atoms with van der Waals surface area (Å²) in [5.74, 6) is 0.165. The topological polar surface area (TPSA) is 73.8 Å². The maximum Gasteiger partial charge on any atom is 0.193 e. The minimum Gasteiger partial charge on any atom is -0.272 e. The zero-order valence-corrected chi connectivity index (χ0v) is 16.7. The Bertz CT molecular complexity index is 1350. The SMILES string of the molecule is CCCn1cc(-c2cnc3ccc(C(F)c4nnc5ccc(C)nn45)cc3c2)cn1. The Hall–Kier alpha value is -3.68. The quantitative estimate of drug-likeness (QED) is 0.439. The molecule has 150 valence electrons. The van der Waals surface area contributed by atoms with E-state index >= 15 is 4.39 Å². The van der Waals surface area contributed by atoms with Gasteiger partial charge in [-0.15, -0.1) is 10.2 Å². The third kappa shape index (κ3) is 3.20. The summed E-state index contributed by atoms with van der Waals surface area (Å²) in [4.78, 5) is 4.53. The van der Waals surface area contributed by atoms with Crippen LogP contribution >= 0.6 is 0 Å². The van der Waals surface area contributed by atoms with Gasteiger partial charge in [0.15, 0.2) is 17.6 Å². The van der Waals surface area contributed by atoms with E-state index in [1.165, 1.54) is 4.52 Å². The molecule has 0 amide bonds. The molecule has 0 fully saturated rings. The Morgan fingerprint density at radius 2 is 1.93 bits per heavy atom. The molecular weight excluding hydrogens is 381 g/mol. The van der Waals surface area contributed by atoms with Crippen molar-refractivity contribution in [2.75, 3.05) is 0 Å². The van der Waals surface area contributed by atoms with Gasteiger partial charge in [-0.25, -0.2) is 4.39 Å². The van der Waals surface area contributed by atoms with E-state index in [9.17, 15) is 0 Å². The van der Waals surface area contributed by atoms with Crippen LogP contribution in [0.25, 0.3) is 27.7 Å². The van der Waals surface area contributed by atoms with Gasteiger partial charge in [0, 0.05) is 35.5 Å². The second-order valence-electron chi connectivity index (χ2n) is 7.33.